The molecule has 4 heteroatoms. The lowest BCUT2D eigenvalue weighted by molar-refractivity contribution is 0.479. The van der Waals surface area contributed by atoms with E-state index in [1.54, 1.807) is 12.1 Å². The van der Waals surface area contributed by atoms with Gasteiger partial charge in [-0.3, -0.25) is 0 Å². The Morgan fingerprint density at radius 1 is 0.633 bits per heavy atom. The van der Waals surface area contributed by atoms with Crippen LogP contribution in [0, 0.1) is 0 Å². The number of hydrogen-bond acceptors (Lipinski definition) is 4. The number of phenols is 2. The first-order chi connectivity index (χ1) is 14.5. The van der Waals surface area contributed by atoms with E-state index >= 15 is 0 Å². The molecule has 30 heavy (non-hydrogen) atoms. The summed E-state index contributed by atoms with van der Waals surface area (Å²) in [5.41, 5.74) is 18.0. The van der Waals surface area contributed by atoms with Gasteiger partial charge in [-0.1, -0.05) is 73.3 Å². The van der Waals surface area contributed by atoms with Crippen LogP contribution in [-0.4, -0.2) is 10.2 Å². The molecule has 0 aliphatic carbocycles. The van der Waals surface area contributed by atoms with Crippen LogP contribution in [0.2, 0.25) is 0 Å². The molecule has 6 N–H and O–H groups in total. The highest BCUT2D eigenvalue weighted by Crippen LogP contribution is 2.45. The Balaban J connectivity index is 2.00. The van der Waals surface area contributed by atoms with Crippen molar-refractivity contribution < 1.29 is 10.2 Å². The Kier molecular flexibility index (Phi) is 4.90. The van der Waals surface area contributed by atoms with Gasteiger partial charge in [-0.25, -0.2) is 0 Å². The fourth-order valence-electron chi connectivity index (χ4n) is 3.65. The summed E-state index contributed by atoms with van der Waals surface area (Å²) in [5.74, 6) is 0.0371. The summed E-state index contributed by atoms with van der Waals surface area (Å²) in [7, 11) is 0. The molecule has 4 aromatic rings. The van der Waals surface area contributed by atoms with Gasteiger partial charge in [0.1, 0.15) is 11.5 Å². The second kappa shape index (κ2) is 7.68. The predicted molar refractivity (Wildman–Crippen MR) is 125 cm³/mol. The van der Waals surface area contributed by atoms with Gasteiger partial charge in [0.2, 0.25) is 0 Å². The molecule has 0 amide bonds. The van der Waals surface area contributed by atoms with Gasteiger partial charge in [0.05, 0.1) is 11.4 Å². The van der Waals surface area contributed by atoms with Crippen molar-refractivity contribution in [3.8, 4) is 44.9 Å². The van der Waals surface area contributed by atoms with E-state index in [1.165, 1.54) is 0 Å². The van der Waals surface area contributed by atoms with E-state index < -0.39 is 0 Å². The molecule has 0 heterocycles. The summed E-state index contributed by atoms with van der Waals surface area (Å²) in [6.45, 7) is 3.87. The molecule has 0 aromatic heterocycles. The van der Waals surface area contributed by atoms with Gasteiger partial charge >= 0.3 is 0 Å². The highest BCUT2D eigenvalue weighted by Gasteiger charge is 2.18. The van der Waals surface area contributed by atoms with Crippen LogP contribution >= 0.6 is 0 Å². The second-order valence-electron chi connectivity index (χ2n) is 7.05. The lowest BCUT2D eigenvalue weighted by Crippen LogP contribution is -1.97. The minimum absolute atomic E-state index is 0.00915. The minimum atomic E-state index is 0.00915. The van der Waals surface area contributed by atoms with Crippen LogP contribution in [0.25, 0.3) is 39.5 Å². The number of phenolic OH excluding ortho intramolecular Hbond substituents is 2. The van der Waals surface area contributed by atoms with Crippen LogP contribution in [-0.2, 0) is 0 Å². The molecular weight excluding hydrogens is 372 g/mol. The summed E-state index contributed by atoms with van der Waals surface area (Å²) < 4.78 is 0. The molecular formula is C26H22N2O2. The van der Waals surface area contributed by atoms with Crippen LogP contribution in [0.15, 0.2) is 85.4 Å². The first-order valence-corrected chi connectivity index (χ1v) is 9.52. The maximum Gasteiger partial charge on any atom is 0.146 e. The van der Waals surface area contributed by atoms with Crippen molar-refractivity contribution in [1.29, 1.82) is 0 Å². The summed E-state index contributed by atoms with van der Waals surface area (Å²) in [6.07, 6.45) is 1.62. The lowest BCUT2D eigenvalue weighted by atomic mass is 9.90. The van der Waals surface area contributed by atoms with Crippen molar-refractivity contribution in [2.75, 3.05) is 11.5 Å². The zero-order valence-corrected chi connectivity index (χ0v) is 16.3. The number of nitrogen functional groups attached to an aromatic ring is 2. The molecule has 0 unspecified atom stereocenters. The maximum absolute atomic E-state index is 10.7. The molecule has 0 spiro atoms. The van der Waals surface area contributed by atoms with Crippen LogP contribution in [0.1, 0.15) is 5.56 Å². The average Bonchev–Trinajstić information content (AvgIpc) is 2.78. The van der Waals surface area contributed by atoms with Gasteiger partial charge in [0.15, 0.2) is 0 Å². The van der Waals surface area contributed by atoms with E-state index in [1.807, 2.05) is 72.8 Å². The van der Waals surface area contributed by atoms with E-state index in [0.717, 1.165) is 22.3 Å². The van der Waals surface area contributed by atoms with Crippen molar-refractivity contribution in [2.45, 2.75) is 0 Å². The van der Waals surface area contributed by atoms with Crippen molar-refractivity contribution >= 4 is 17.5 Å². The van der Waals surface area contributed by atoms with Crippen LogP contribution in [0.4, 0.5) is 11.4 Å². The van der Waals surface area contributed by atoms with Gasteiger partial charge in [-0.2, -0.15) is 0 Å². The molecule has 4 aromatic carbocycles. The van der Waals surface area contributed by atoms with E-state index in [-0.39, 0.29) is 22.9 Å². The third kappa shape index (κ3) is 3.25. The molecule has 0 saturated carbocycles. The SMILES string of the molecule is C=Cc1c(-c2cc(N)c(O)c(-c3ccccc3)c2)cc(-c2ccccc2)c(O)c1N. The minimum Gasteiger partial charge on any atom is -0.505 e. The summed E-state index contributed by atoms with van der Waals surface area (Å²) in [5, 5.41) is 21.3. The van der Waals surface area contributed by atoms with Gasteiger partial charge in [-0.05, 0) is 40.5 Å². The zero-order chi connectivity index (χ0) is 21.3. The number of anilines is 2. The number of rotatable bonds is 4. The molecule has 0 atom stereocenters. The van der Waals surface area contributed by atoms with Gasteiger partial charge in [0, 0.05) is 16.7 Å². The molecule has 0 radical (unpaired) electrons. The first kappa shape index (κ1) is 19.2. The highest BCUT2D eigenvalue weighted by atomic mass is 16.3. The molecule has 0 aliphatic heterocycles. The summed E-state index contributed by atoms with van der Waals surface area (Å²) in [4.78, 5) is 0. The Morgan fingerprint density at radius 2 is 1.17 bits per heavy atom. The van der Waals surface area contributed by atoms with Crippen LogP contribution in [0.5, 0.6) is 11.5 Å². The average molecular weight is 394 g/mol. The third-order valence-electron chi connectivity index (χ3n) is 5.20. The van der Waals surface area contributed by atoms with Gasteiger partial charge in [0.25, 0.3) is 0 Å². The Labute approximate surface area is 175 Å². The number of benzene rings is 4. The largest absolute Gasteiger partial charge is 0.505 e. The van der Waals surface area contributed by atoms with Crippen molar-refractivity contribution in [1.82, 2.24) is 0 Å². The Bertz CT molecular complexity index is 1230. The maximum atomic E-state index is 10.7. The van der Waals surface area contributed by atoms with E-state index in [4.69, 9.17) is 11.5 Å². The topological polar surface area (TPSA) is 92.5 Å². The standard InChI is InChI=1S/C26H22N2O2/c1-2-19-20(15-22(26(30)24(19)28)17-11-7-4-8-12-17)18-13-21(25(29)23(27)14-18)16-9-5-3-6-10-16/h2-15,29-30H,1,27-28H2. The van der Waals surface area contributed by atoms with E-state index in [2.05, 4.69) is 6.58 Å². The zero-order valence-electron chi connectivity index (χ0n) is 16.3. The fourth-order valence-corrected chi connectivity index (χ4v) is 3.65. The quantitative estimate of drug-likeness (QED) is 0.256. The van der Waals surface area contributed by atoms with Crippen molar-refractivity contribution in [3.05, 3.63) is 91.0 Å². The number of nitrogens with two attached hydrogens (primary N) is 2. The van der Waals surface area contributed by atoms with Crippen LogP contribution < -0.4 is 11.5 Å². The monoisotopic (exact) mass is 394 g/mol. The first-order valence-electron chi connectivity index (χ1n) is 9.52. The summed E-state index contributed by atoms with van der Waals surface area (Å²) >= 11 is 0. The highest BCUT2D eigenvalue weighted by molar-refractivity contribution is 5.94. The number of aromatic hydroxyl groups is 2. The molecule has 148 valence electrons. The van der Waals surface area contributed by atoms with E-state index in [0.29, 0.717) is 16.7 Å². The Morgan fingerprint density at radius 3 is 1.70 bits per heavy atom. The van der Waals surface area contributed by atoms with Crippen molar-refractivity contribution in [3.63, 3.8) is 0 Å². The van der Waals surface area contributed by atoms with Gasteiger partial charge < -0.3 is 21.7 Å². The predicted octanol–water partition coefficient (Wildman–Crippen LogP) is 5.91. The van der Waals surface area contributed by atoms with Crippen molar-refractivity contribution in [2.24, 2.45) is 0 Å². The van der Waals surface area contributed by atoms with Crippen LogP contribution in [0.3, 0.4) is 0 Å². The molecule has 4 rings (SSSR count). The molecule has 0 saturated heterocycles. The second-order valence-corrected chi connectivity index (χ2v) is 7.05. The lowest BCUT2D eigenvalue weighted by Gasteiger charge is -2.17. The molecule has 0 bridgehead atoms. The fraction of sp³-hybridized carbons (Fsp3) is 0. The third-order valence-corrected chi connectivity index (χ3v) is 5.20. The molecule has 0 aliphatic rings. The molecule has 0 fully saturated rings. The smallest absolute Gasteiger partial charge is 0.146 e. The van der Waals surface area contributed by atoms with E-state index in [9.17, 15) is 10.2 Å². The Hall–Kier alpha value is -4.18. The number of hydrogen-bond donors (Lipinski definition) is 4. The van der Waals surface area contributed by atoms with Gasteiger partial charge in [-0.15, -0.1) is 0 Å². The normalized spacial score (nSPS) is 10.7. The molecule has 4 nitrogen and oxygen atoms in total. The summed E-state index contributed by atoms with van der Waals surface area (Å²) in [6, 6.07) is 24.5.